The number of nitrogens with two attached hydrogens (primary N) is 1. The molecular formula is C18H23FN6O. The number of nitrogens with one attached hydrogen (secondary N) is 3. The maximum Gasteiger partial charge on any atom is 0.269 e. The van der Waals surface area contributed by atoms with Crippen molar-refractivity contribution in [2.45, 2.75) is 44.7 Å². The van der Waals surface area contributed by atoms with Crippen LogP contribution < -0.4 is 21.9 Å². The van der Waals surface area contributed by atoms with E-state index in [-0.39, 0.29) is 23.5 Å². The van der Waals surface area contributed by atoms with E-state index in [2.05, 4.69) is 26.1 Å². The minimum atomic E-state index is -0.582. The number of carbonyl (C=O) groups excluding carboxylic acids is 1. The first-order chi connectivity index (χ1) is 12.5. The number of hydrogen-bond donors (Lipinski definition) is 4. The molecule has 138 valence electrons. The summed E-state index contributed by atoms with van der Waals surface area (Å²) in [7, 11) is 0. The summed E-state index contributed by atoms with van der Waals surface area (Å²) in [4.78, 5) is 20.7. The van der Waals surface area contributed by atoms with Gasteiger partial charge in [-0.2, -0.15) is 0 Å². The molecule has 1 aliphatic carbocycles. The Balaban J connectivity index is 1.73. The zero-order chi connectivity index (χ0) is 18.5. The lowest BCUT2D eigenvalue weighted by Crippen LogP contribution is -2.53. The van der Waals surface area contributed by atoms with Crippen LogP contribution in [0.15, 0.2) is 30.6 Å². The number of hydrogen-bond acceptors (Lipinski definition) is 6. The van der Waals surface area contributed by atoms with Gasteiger partial charge in [0.1, 0.15) is 11.6 Å². The fourth-order valence-corrected chi connectivity index (χ4v) is 3.04. The summed E-state index contributed by atoms with van der Waals surface area (Å²) in [6.07, 6.45) is 6.69. The highest BCUT2D eigenvalue weighted by molar-refractivity contribution is 5.99. The molecular weight excluding hydrogens is 335 g/mol. The number of anilines is 2. The summed E-state index contributed by atoms with van der Waals surface area (Å²) >= 11 is 0. The van der Waals surface area contributed by atoms with Crippen LogP contribution in [0.25, 0.3) is 0 Å². The van der Waals surface area contributed by atoms with Crippen molar-refractivity contribution < 1.29 is 9.18 Å². The van der Waals surface area contributed by atoms with Crippen molar-refractivity contribution >= 4 is 17.4 Å². The number of amides is 1. The molecule has 2 heterocycles. The number of halogens is 1. The quantitative estimate of drug-likeness (QED) is 0.611. The van der Waals surface area contributed by atoms with E-state index >= 15 is 0 Å². The SMILES string of the molecule is Cc1cc(Nc2ncc(F)cc2C(=O)NN[C@@H]2CCCC[C@@H]2N)ccn1. The molecule has 26 heavy (non-hydrogen) atoms. The molecule has 1 saturated carbocycles. The van der Waals surface area contributed by atoms with Gasteiger partial charge < -0.3 is 11.1 Å². The molecule has 7 nitrogen and oxygen atoms in total. The maximum atomic E-state index is 13.6. The Morgan fingerprint density at radius 2 is 2.08 bits per heavy atom. The summed E-state index contributed by atoms with van der Waals surface area (Å²) in [6, 6.07) is 4.72. The second kappa shape index (κ2) is 8.20. The van der Waals surface area contributed by atoms with Gasteiger partial charge in [0.2, 0.25) is 0 Å². The fraction of sp³-hybridized carbons (Fsp3) is 0.389. The maximum absolute atomic E-state index is 13.6. The third-order valence-corrected chi connectivity index (χ3v) is 4.45. The number of pyridine rings is 2. The van der Waals surface area contributed by atoms with E-state index in [0.29, 0.717) is 5.69 Å². The van der Waals surface area contributed by atoms with E-state index in [9.17, 15) is 9.18 Å². The molecule has 1 fully saturated rings. The topological polar surface area (TPSA) is 105 Å². The average molecular weight is 358 g/mol. The summed E-state index contributed by atoms with van der Waals surface area (Å²) in [5.41, 5.74) is 13.3. The average Bonchev–Trinajstić information content (AvgIpc) is 2.62. The summed E-state index contributed by atoms with van der Waals surface area (Å²) in [5, 5.41) is 3.04. The lowest BCUT2D eigenvalue weighted by molar-refractivity contribution is 0.0917. The Morgan fingerprint density at radius 3 is 2.85 bits per heavy atom. The molecule has 0 aromatic carbocycles. The summed E-state index contributed by atoms with van der Waals surface area (Å²) < 4.78 is 13.6. The van der Waals surface area contributed by atoms with Crippen molar-refractivity contribution in [3.63, 3.8) is 0 Å². The molecule has 0 radical (unpaired) electrons. The Bertz CT molecular complexity index is 784. The van der Waals surface area contributed by atoms with Gasteiger partial charge in [-0.25, -0.2) is 14.8 Å². The van der Waals surface area contributed by atoms with Crippen molar-refractivity contribution in [3.8, 4) is 0 Å². The van der Waals surface area contributed by atoms with E-state index in [4.69, 9.17) is 5.73 Å². The van der Waals surface area contributed by atoms with Gasteiger partial charge in [0.25, 0.3) is 5.91 Å². The Morgan fingerprint density at radius 1 is 1.27 bits per heavy atom. The van der Waals surface area contributed by atoms with Crippen LogP contribution in [0, 0.1) is 12.7 Å². The van der Waals surface area contributed by atoms with Crippen LogP contribution in [-0.4, -0.2) is 28.0 Å². The molecule has 0 bridgehead atoms. The molecule has 5 N–H and O–H groups in total. The van der Waals surface area contributed by atoms with Gasteiger partial charge in [0, 0.05) is 29.7 Å². The molecule has 8 heteroatoms. The summed E-state index contributed by atoms with van der Waals surface area (Å²) in [5.74, 6) is -0.784. The molecule has 0 unspecified atom stereocenters. The van der Waals surface area contributed by atoms with E-state index in [0.717, 1.165) is 43.6 Å². The largest absolute Gasteiger partial charge is 0.339 e. The lowest BCUT2D eigenvalue weighted by Gasteiger charge is -2.29. The smallest absolute Gasteiger partial charge is 0.269 e. The zero-order valence-corrected chi connectivity index (χ0v) is 14.6. The van der Waals surface area contributed by atoms with E-state index in [1.807, 2.05) is 13.0 Å². The number of aryl methyl sites for hydroxylation is 1. The molecule has 2 aromatic heterocycles. The highest BCUT2D eigenvalue weighted by Crippen LogP contribution is 2.20. The van der Waals surface area contributed by atoms with Crippen molar-refractivity contribution in [1.29, 1.82) is 0 Å². The van der Waals surface area contributed by atoms with Crippen LogP contribution in [0.3, 0.4) is 0 Å². The van der Waals surface area contributed by atoms with E-state index in [1.54, 1.807) is 12.3 Å². The standard InChI is InChI=1S/C18H23FN6O/c1-11-8-13(6-7-21-11)23-17-14(9-12(19)10-22-17)18(26)25-24-16-5-3-2-4-15(16)20/h6-10,15-16,24H,2-5,20H2,1H3,(H,25,26)(H,21,22,23)/t15-,16+/m0/s1. The molecule has 2 aromatic rings. The van der Waals surface area contributed by atoms with Crippen LogP contribution in [0.2, 0.25) is 0 Å². The predicted octanol–water partition coefficient (Wildman–Crippen LogP) is 2.17. The number of hydrazine groups is 1. The third kappa shape index (κ3) is 4.53. The molecule has 2 atom stereocenters. The highest BCUT2D eigenvalue weighted by atomic mass is 19.1. The zero-order valence-electron chi connectivity index (χ0n) is 14.6. The van der Waals surface area contributed by atoms with Crippen molar-refractivity contribution in [1.82, 2.24) is 20.8 Å². The van der Waals surface area contributed by atoms with Gasteiger partial charge in [-0.15, -0.1) is 0 Å². The fourth-order valence-electron chi connectivity index (χ4n) is 3.04. The van der Waals surface area contributed by atoms with E-state index < -0.39 is 11.7 Å². The molecule has 0 saturated heterocycles. The minimum Gasteiger partial charge on any atom is -0.339 e. The van der Waals surface area contributed by atoms with Crippen molar-refractivity contribution in [3.05, 3.63) is 47.7 Å². The first-order valence-corrected chi connectivity index (χ1v) is 8.69. The number of aromatic nitrogens is 2. The van der Waals surface area contributed by atoms with Crippen LogP contribution >= 0.6 is 0 Å². The Labute approximate surface area is 151 Å². The lowest BCUT2D eigenvalue weighted by atomic mass is 9.91. The molecule has 3 rings (SSSR count). The van der Waals surface area contributed by atoms with Gasteiger partial charge in [-0.3, -0.25) is 15.2 Å². The second-order valence-electron chi connectivity index (χ2n) is 6.51. The second-order valence-corrected chi connectivity index (χ2v) is 6.51. The van der Waals surface area contributed by atoms with Crippen LogP contribution in [0.5, 0.6) is 0 Å². The molecule has 1 amide bonds. The van der Waals surface area contributed by atoms with Gasteiger partial charge in [0.05, 0.1) is 11.8 Å². The third-order valence-electron chi connectivity index (χ3n) is 4.45. The van der Waals surface area contributed by atoms with Crippen LogP contribution in [0.1, 0.15) is 41.7 Å². The number of nitrogens with zero attached hydrogens (tertiary/aromatic N) is 2. The highest BCUT2D eigenvalue weighted by Gasteiger charge is 2.23. The van der Waals surface area contributed by atoms with Crippen molar-refractivity contribution in [2.24, 2.45) is 5.73 Å². The van der Waals surface area contributed by atoms with E-state index in [1.165, 1.54) is 0 Å². The Hall–Kier alpha value is -2.58. The molecule has 0 aliphatic heterocycles. The first-order valence-electron chi connectivity index (χ1n) is 8.69. The van der Waals surface area contributed by atoms with Crippen LogP contribution in [-0.2, 0) is 0 Å². The minimum absolute atomic E-state index is 0.00734. The van der Waals surface area contributed by atoms with Gasteiger partial charge in [0.15, 0.2) is 0 Å². The monoisotopic (exact) mass is 358 g/mol. The van der Waals surface area contributed by atoms with Gasteiger partial charge in [-0.1, -0.05) is 12.8 Å². The molecule has 1 aliphatic rings. The normalized spacial score (nSPS) is 19.8. The predicted molar refractivity (Wildman–Crippen MR) is 97.3 cm³/mol. The number of carbonyl (C=O) groups is 1. The summed E-state index contributed by atoms with van der Waals surface area (Å²) in [6.45, 7) is 1.86. The first kappa shape index (κ1) is 18.2. The number of rotatable bonds is 5. The van der Waals surface area contributed by atoms with Gasteiger partial charge >= 0.3 is 0 Å². The van der Waals surface area contributed by atoms with Crippen LogP contribution in [0.4, 0.5) is 15.9 Å². The van der Waals surface area contributed by atoms with Crippen molar-refractivity contribution in [2.75, 3.05) is 5.32 Å². The molecule has 0 spiro atoms. The Kier molecular flexibility index (Phi) is 5.75. The van der Waals surface area contributed by atoms with Gasteiger partial charge in [-0.05, 0) is 38.0 Å².